The van der Waals surface area contributed by atoms with Crippen LogP contribution >= 0.6 is 11.5 Å². The zero-order chi connectivity index (χ0) is 9.97. The molecule has 2 N–H and O–H groups in total. The van der Waals surface area contributed by atoms with Crippen LogP contribution < -0.4 is 5.73 Å². The van der Waals surface area contributed by atoms with Gasteiger partial charge >= 0.3 is 0 Å². The third kappa shape index (κ3) is 1.65. The lowest BCUT2D eigenvalue weighted by Gasteiger charge is -1.87. The van der Waals surface area contributed by atoms with E-state index in [1.165, 1.54) is 17.6 Å². The summed E-state index contributed by atoms with van der Waals surface area (Å²) >= 11 is 1.36. The highest BCUT2D eigenvalue weighted by molar-refractivity contribution is 7.08. The van der Waals surface area contributed by atoms with E-state index >= 15 is 0 Å². The molecular formula is C10H8N2OS. The van der Waals surface area contributed by atoms with Crippen LogP contribution in [0.5, 0.6) is 0 Å². The van der Waals surface area contributed by atoms with Crippen LogP contribution in [0.25, 0.3) is 17.0 Å². The average Bonchev–Trinajstić information content (AvgIpc) is 2.58. The molecule has 0 aliphatic rings. The van der Waals surface area contributed by atoms with Crippen LogP contribution in [0.2, 0.25) is 0 Å². The molecule has 14 heavy (non-hydrogen) atoms. The van der Waals surface area contributed by atoms with Gasteiger partial charge in [-0.15, -0.1) is 0 Å². The Hall–Kier alpha value is -1.68. The Kier molecular flexibility index (Phi) is 2.28. The molecule has 0 bridgehead atoms. The normalized spacial score (nSPS) is 11.1. The number of carbonyl (C=O) groups excluding carboxylic acids is 1. The average molecular weight is 204 g/mol. The van der Waals surface area contributed by atoms with Gasteiger partial charge in [0, 0.05) is 11.5 Å². The number of hydrogen-bond donors (Lipinski definition) is 1. The lowest BCUT2D eigenvalue weighted by Crippen LogP contribution is -2.04. The number of nitrogens with two attached hydrogens (primary N) is 1. The fourth-order valence-electron chi connectivity index (χ4n) is 1.19. The highest BCUT2D eigenvalue weighted by Gasteiger charge is 2.01. The monoisotopic (exact) mass is 204 g/mol. The van der Waals surface area contributed by atoms with E-state index < -0.39 is 5.91 Å². The van der Waals surface area contributed by atoms with Gasteiger partial charge in [0.2, 0.25) is 5.91 Å². The first-order valence-corrected chi connectivity index (χ1v) is 4.86. The largest absolute Gasteiger partial charge is 0.366 e. The van der Waals surface area contributed by atoms with Crippen molar-refractivity contribution in [2.24, 2.45) is 5.73 Å². The molecule has 2 aromatic rings. The van der Waals surface area contributed by atoms with Crippen molar-refractivity contribution in [3.8, 4) is 0 Å². The second-order valence-electron chi connectivity index (χ2n) is 2.80. The third-order valence-corrected chi connectivity index (χ3v) is 2.65. The molecule has 0 atom stereocenters. The first-order chi connectivity index (χ1) is 6.77. The maximum atomic E-state index is 10.6. The molecule has 0 aliphatic heterocycles. The first-order valence-electron chi connectivity index (χ1n) is 4.09. The van der Waals surface area contributed by atoms with Crippen molar-refractivity contribution in [3.05, 3.63) is 35.2 Å². The van der Waals surface area contributed by atoms with Crippen LogP contribution in [0.15, 0.2) is 30.3 Å². The third-order valence-electron chi connectivity index (χ3n) is 1.81. The second kappa shape index (κ2) is 3.59. The van der Waals surface area contributed by atoms with E-state index in [4.69, 9.17) is 5.73 Å². The number of carbonyl (C=O) groups is 1. The summed E-state index contributed by atoms with van der Waals surface area (Å²) in [6, 6.07) is 7.79. The molecule has 1 aromatic heterocycles. The van der Waals surface area contributed by atoms with E-state index in [1.807, 2.05) is 24.3 Å². The first kappa shape index (κ1) is 8.90. The van der Waals surface area contributed by atoms with Gasteiger partial charge in [0.1, 0.15) is 0 Å². The SMILES string of the molecule is NC(=O)C=Cc1snc2ccccc12. The van der Waals surface area contributed by atoms with Gasteiger partial charge in [0.05, 0.1) is 10.4 Å². The smallest absolute Gasteiger partial charge is 0.241 e. The number of benzene rings is 1. The number of rotatable bonds is 2. The Morgan fingerprint density at radius 3 is 3.00 bits per heavy atom. The Morgan fingerprint density at radius 1 is 1.43 bits per heavy atom. The Bertz CT molecular complexity index is 502. The summed E-state index contributed by atoms with van der Waals surface area (Å²) in [6.07, 6.45) is 3.04. The molecule has 0 radical (unpaired) electrons. The maximum absolute atomic E-state index is 10.6. The van der Waals surface area contributed by atoms with E-state index in [1.54, 1.807) is 6.08 Å². The van der Waals surface area contributed by atoms with Gasteiger partial charge in [-0.1, -0.05) is 18.2 Å². The molecule has 4 heteroatoms. The molecule has 0 saturated heterocycles. The summed E-state index contributed by atoms with van der Waals surface area (Å²) in [5, 5.41) is 1.05. The topological polar surface area (TPSA) is 56.0 Å². The molecule has 1 heterocycles. The molecule has 2 rings (SSSR count). The fourth-order valence-corrected chi connectivity index (χ4v) is 1.94. The van der Waals surface area contributed by atoms with Gasteiger partial charge in [-0.25, -0.2) is 0 Å². The highest BCUT2D eigenvalue weighted by atomic mass is 32.1. The number of primary amides is 1. The summed E-state index contributed by atoms with van der Waals surface area (Å²) in [5.74, 6) is -0.442. The summed E-state index contributed by atoms with van der Waals surface area (Å²) in [7, 11) is 0. The quantitative estimate of drug-likeness (QED) is 0.758. The molecule has 0 fully saturated rings. The van der Waals surface area contributed by atoms with Gasteiger partial charge in [0.15, 0.2) is 0 Å². The van der Waals surface area contributed by atoms with Crippen LogP contribution in [-0.4, -0.2) is 10.3 Å². The van der Waals surface area contributed by atoms with Crippen LogP contribution in [0.1, 0.15) is 4.88 Å². The van der Waals surface area contributed by atoms with Gasteiger partial charge in [0.25, 0.3) is 0 Å². The van der Waals surface area contributed by atoms with Gasteiger partial charge < -0.3 is 5.73 Å². The van der Waals surface area contributed by atoms with Crippen molar-refractivity contribution in [1.82, 2.24) is 4.37 Å². The number of hydrogen-bond acceptors (Lipinski definition) is 3. The molecule has 1 aromatic carbocycles. The lowest BCUT2D eigenvalue weighted by atomic mass is 10.2. The molecule has 70 valence electrons. The summed E-state index contributed by atoms with van der Waals surface area (Å²) in [6.45, 7) is 0. The van der Waals surface area contributed by atoms with Gasteiger partial charge in [-0.3, -0.25) is 4.79 Å². The molecule has 0 spiro atoms. The van der Waals surface area contributed by atoms with Crippen molar-refractivity contribution in [1.29, 1.82) is 0 Å². The van der Waals surface area contributed by atoms with E-state index in [0.717, 1.165) is 15.8 Å². The molecule has 0 aliphatic carbocycles. The Labute approximate surface area is 85.0 Å². The zero-order valence-corrected chi connectivity index (χ0v) is 8.12. The Morgan fingerprint density at radius 2 is 2.21 bits per heavy atom. The minimum absolute atomic E-state index is 0.442. The van der Waals surface area contributed by atoms with Crippen LogP contribution in [-0.2, 0) is 4.79 Å². The zero-order valence-electron chi connectivity index (χ0n) is 7.31. The van der Waals surface area contributed by atoms with Crippen molar-refractivity contribution in [2.45, 2.75) is 0 Å². The lowest BCUT2D eigenvalue weighted by molar-refractivity contribution is -0.113. The molecular weight excluding hydrogens is 196 g/mol. The standard InChI is InChI=1S/C10H8N2OS/c11-10(13)6-5-9-7-3-1-2-4-8(7)12-14-9/h1-6H,(H2,11,13). The van der Waals surface area contributed by atoms with E-state index in [0.29, 0.717) is 0 Å². The predicted octanol–water partition coefficient (Wildman–Crippen LogP) is 1.79. The number of amides is 1. The summed E-state index contributed by atoms with van der Waals surface area (Å²) < 4.78 is 4.23. The van der Waals surface area contributed by atoms with Gasteiger partial charge in [-0.05, 0) is 23.7 Å². The number of nitrogens with zero attached hydrogens (tertiary/aromatic N) is 1. The summed E-state index contributed by atoms with van der Waals surface area (Å²) in [5.41, 5.74) is 5.96. The molecule has 3 nitrogen and oxygen atoms in total. The van der Waals surface area contributed by atoms with Gasteiger partial charge in [-0.2, -0.15) is 4.37 Å². The minimum Gasteiger partial charge on any atom is -0.366 e. The van der Waals surface area contributed by atoms with Crippen LogP contribution in [0.3, 0.4) is 0 Å². The Balaban J connectivity index is 2.48. The van der Waals surface area contributed by atoms with Crippen LogP contribution in [0.4, 0.5) is 0 Å². The predicted molar refractivity (Wildman–Crippen MR) is 57.8 cm³/mol. The molecule has 0 saturated carbocycles. The van der Waals surface area contributed by atoms with Crippen molar-refractivity contribution in [3.63, 3.8) is 0 Å². The fraction of sp³-hybridized carbons (Fsp3) is 0. The highest BCUT2D eigenvalue weighted by Crippen LogP contribution is 2.22. The van der Waals surface area contributed by atoms with Crippen LogP contribution in [0, 0.1) is 0 Å². The van der Waals surface area contributed by atoms with E-state index in [-0.39, 0.29) is 0 Å². The molecule has 0 unspecified atom stereocenters. The summed E-state index contributed by atoms with van der Waals surface area (Å²) in [4.78, 5) is 11.5. The van der Waals surface area contributed by atoms with Crippen molar-refractivity contribution < 1.29 is 4.79 Å². The minimum atomic E-state index is -0.442. The van der Waals surface area contributed by atoms with E-state index in [9.17, 15) is 4.79 Å². The molecule has 1 amide bonds. The number of aromatic nitrogens is 1. The second-order valence-corrected chi connectivity index (χ2v) is 3.60. The van der Waals surface area contributed by atoms with Crippen molar-refractivity contribution >= 4 is 34.4 Å². The van der Waals surface area contributed by atoms with E-state index in [2.05, 4.69) is 4.37 Å². The number of fused-ring (bicyclic) bond motifs is 1. The van der Waals surface area contributed by atoms with Crippen molar-refractivity contribution in [2.75, 3.05) is 0 Å². The maximum Gasteiger partial charge on any atom is 0.241 e.